The Labute approximate surface area is 138 Å². The van der Waals surface area contributed by atoms with E-state index in [-0.39, 0.29) is 17.6 Å². The summed E-state index contributed by atoms with van der Waals surface area (Å²) in [5.74, 6) is -0.632. The van der Waals surface area contributed by atoms with Gasteiger partial charge >= 0.3 is 5.97 Å². The summed E-state index contributed by atoms with van der Waals surface area (Å²) in [5, 5.41) is 0. The van der Waals surface area contributed by atoms with Crippen LogP contribution >= 0.6 is 0 Å². The van der Waals surface area contributed by atoms with Crippen LogP contribution in [0.5, 0.6) is 0 Å². The Morgan fingerprint density at radius 1 is 1.39 bits per heavy atom. The van der Waals surface area contributed by atoms with Crippen molar-refractivity contribution in [1.82, 2.24) is 4.72 Å². The number of ketones is 1. The molecule has 0 heterocycles. The Bertz CT molecular complexity index is 610. The van der Waals surface area contributed by atoms with Crippen LogP contribution in [0.4, 0.5) is 0 Å². The van der Waals surface area contributed by atoms with Gasteiger partial charge in [0.15, 0.2) is 5.78 Å². The van der Waals surface area contributed by atoms with E-state index in [2.05, 4.69) is 4.72 Å². The maximum atomic E-state index is 13.1. The summed E-state index contributed by atoms with van der Waals surface area (Å²) in [5.41, 5.74) is -0.617. The Morgan fingerprint density at radius 3 is 2.39 bits per heavy atom. The molecule has 6 nitrogen and oxygen atoms in total. The first-order valence-electron chi connectivity index (χ1n) is 8.12. The van der Waals surface area contributed by atoms with Crippen molar-refractivity contribution >= 4 is 21.8 Å². The third kappa shape index (κ3) is 2.61. The van der Waals surface area contributed by atoms with Gasteiger partial charge in [-0.1, -0.05) is 27.7 Å². The van der Waals surface area contributed by atoms with Gasteiger partial charge < -0.3 is 4.74 Å². The van der Waals surface area contributed by atoms with Gasteiger partial charge in [-0.05, 0) is 36.5 Å². The molecule has 2 fully saturated rings. The van der Waals surface area contributed by atoms with Gasteiger partial charge in [-0.25, -0.2) is 13.1 Å². The van der Waals surface area contributed by atoms with Crippen LogP contribution in [-0.4, -0.2) is 38.1 Å². The van der Waals surface area contributed by atoms with Gasteiger partial charge in [-0.15, -0.1) is 0 Å². The lowest BCUT2D eigenvalue weighted by Gasteiger charge is -2.36. The highest BCUT2D eigenvalue weighted by molar-refractivity contribution is 7.91. The van der Waals surface area contributed by atoms with Crippen LogP contribution in [0.25, 0.3) is 0 Å². The molecule has 132 valence electrons. The van der Waals surface area contributed by atoms with Crippen molar-refractivity contribution in [2.24, 2.45) is 17.3 Å². The fourth-order valence-electron chi connectivity index (χ4n) is 4.36. The van der Waals surface area contributed by atoms with Gasteiger partial charge in [-0.3, -0.25) is 9.59 Å². The molecule has 2 aliphatic carbocycles. The van der Waals surface area contributed by atoms with Gasteiger partial charge in [0.05, 0.1) is 7.11 Å². The number of methoxy groups -OCH3 is 1. The molecule has 2 aliphatic rings. The zero-order chi connectivity index (χ0) is 17.6. The van der Waals surface area contributed by atoms with Gasteiger partial charge in [0, 0.05) is 6.42 Å². The zero-order valence-corrected chi connectivity index (χ0v) is 15.3. The molecule has 1 N–H and O–H groups in total. The molecule has 3 unspecified atom stereocenters. The number of carbonyl (C=O) groups excluding carboxylic acids is 2. The second kappa shape index (κ2) is 5.84. The van der Waals surface area contributed by atoms with Crippen LogP contribution < -0.4 is 4.72 Å². The lowest BCUT2D eigenvalue weighted by atomic mass is 9.81. The molecule has 23 heavy (non-hydrogen) atoms. The molecule has 0 aliphatic heterocycles. The first kappa shape index (κ1) is 18.4. The molecule has 0 aromatic rings. The van der Waals surface area contributed by atoms with Crippen LogP contribution in [0.15, 0.2) is 0 Å². The van der Waals surface area contributed by atoms with Crippen LogP contribution in [0.2, 0.25) is 0 Å². The minimum atomic E-state index is -3.99. The van der Waals surface area contributed by atoms with E-state index < -0.39 is 32.2 Å². The molecule has 0 aromatic heterocycles. The van der Waals surface area contributed by atoms with Gasteiger partial charge in [0.1, 0.15) is 10.8 Å². The smallest absolute Gasteiger partial charge is 0.323 e. The SMILES string of the molecule is COC(=O)C(CC(C)C)NS(=O)(=O)C12CCC(CC1=O)C2(C)C. The van der Waals surface area contributed by atoms with E-state index in [1.54, 1.807) is 0 Å². The Kier molecular flexibility index (Phi) is 4.67. The second-order valence-electron chi connectivity index (χ2n) is 7.74. The quantitative estimate of drug-likeness (QED) is 0.739. The number of ether oxygens (including phenoxy) is 1. The molecule has 2 bridgehead atoms. The molecular weight excluding hydrogens is 318 g/mol. The minimum absolute atomic E-state index is 0.0910. The number of esters is 1. The number of fused-ring (bicyclic) bond motifs is 2. The summed E-state index contributed by atoms with van der Waals surface area (Å²) in [6, 6.07) is -0.956. The average Bonchev–Trinajstić information content (AvgIpc) is 2.80. The molecule has 0 radical (unpaired) electrons. The van der Waals surface area contributed by atoms with Gasteiger partial charge in [-0.2, -0.15) is 0 Å². The molecule has 0 saturated heterocycles. The molecule has 0 amide bonds. The summed E-state index contributed by atoms with van der Waals surface area (Å²) in [4.78, 5) is 24.5. The zero-order valence-electron chi connectivity index (χ0n) is 14.5. The summed E-state index contributed by atoms with van der Waals surface area (Å²) < 4.78 is 32.0. The molecule has 2 saturated carbocycles. The van der Waals surface area contributed by atoms with Crippen molar-refractivity contribution in [3.63, 3.8) is 0 Å². The molecule has 2 rings (SSSR count). The normalized spacial score (nSPS) is 30.7. The number of hydrogen-bond donors (Lipinski definition) is 1. The van der Waals surface area contributed by atoms with E-state index in [4.69, 9.17) is 4.74 Å². The Morgan fingerprint density at radius 2 is 2.00 bits per heavy atom. The predicted octanol–water partition coefficient (Wildman–Crippen LogP) is 1.64. The van der Waals surface area contributed by atoms with Gasteiger partial charge in [0.25, 0.3) is 0 Å². The average molecular weight is 345 g/mol. The third-order valence-corrected chi connectivity index (χ3v) is 8.21. The largest absolute Gasteiger partial charge is 0.468 e. The van der Waals surface area contributed by atoms with Crippen molar-refractivity contribution in [3.05, 3.63) is 0 Å². The molecule has 0 spiro atoms. The van der Waals surface area contributed by atoms with E-state index in [1.807, 2.05) is 27.7 Å². The molecule has 3 atom stereocenters. The highest BCUT2D eigenvalue weighted by atomic mass is 32.2. The summed E-state index contributed by atoms with van der Waals surface area (Å²) in [6.07, 6.45) is 1.70. The predicted molar refractivity (Wildman–Crippen MR) is 86.2 cm³/mol. The topological polar surface area (TPSA) is 89.5 Å². The molecule has 0 aromatic carbocycles. The summed E-state index contributed by atoms with van der Waals surface area (Å²) in [7, 11) is -2.75. The lowest BCUT2D eigenvalue weighted by Crippen LogP contribution is -2.58. The van der Waals surface area contributed by atoms with E-state index in [0.29, 0.717) is 19.3 Å². The number of hydrogen-bond acceptors (Lipinski definition) is 5. The first-order valence-corrected chi connectivity index (χ1v) is 9.61. The standard InChI is InChI=1S/C16H27NO5S/c1-10(2)8-12(14(19)22-5)17-23(20,21)16-7-6-11(9-13(16)18)15(16,3)4/h10-12,17H,6-9H2,1-5H3. The maximum absolute atomic E-state index is 13.1. The molecule has 7 heteroatoms. The van der Waals surface area contributed by atoms with Crippen LogP contribution in [-0.2, 0) is 24.3 Å². The highest BCUT2D eigenvalue weighted by Gasteiger charge is 2.71. The van der Waals surface area contributed by atoms with Crippen molar-refractivity contribution in [2.75, 3.05) is 7.11 Å². The van der Waals surface area contributed by atoms with Crippen LogP contribution in [0.1, 0.15) is 53.4 Å². The van der Waals surface area contributed by atoms with E-state index >= 15 is 0 Å². The highest BCUT2D eigenvalue weighted by Crippen LogP contribution is 2.61. The molecular formula is C16H27NO5S. The van der Waals surface area contributed by atoms with Gasteiger partial charge in [0.2, 0.25) is 10.0 Å². The minimum Gasteiger partial charge on any atom is -0.468 e. The Balaban J connectivity index is 2.37. The van der Waals surface area contributed by atoms with E-state index in [1.165, 1.54) is 7.11 Å². The first-order chi connectivity index (χ1) is 10.5. The van der Waals surface area contributed by atoms with Crippen molar-refractivity contribution in [2.45, 2.75) is 64.2 Å². The van der Waals surface area contributed by atoms with E-state index in [9.17, 15) is 18.0 Å². The second-order valence-corrected chi connectivity index (χ2v) is 9.68. The monoisotopic (exact) mass is 345 g/mol. The summed E-state index contributed by atoms with van der Waals surface area (Å²) >= 11 is 0. The number of nitrogens with one attached hydrogen (secondary N) is 1. The van der Waals surface area contributed by atoms with Crippen molar-refractivity contribution in [1.29, 1.82) is 0 Å². The van der Waals surface area contributed by atoms with Crippen molar-refractivity contribution < 1.29 is 22.7 Å². The maximum Gasteiger partial charge on any atom is 0.323 e. The fraction of sp³-hybridized carbons (Fsp3) is 0.875. The fourth-order valence-corrected chi connectivity index (χ4v) is 6.76. The van der Waals surface area contributed by atoms with Crippen LogP contribution in [0, 0.1) is 17.3 Å². The lowest BCUT2D eigenvalue weighted by molar-refractivity contribution is -0.143. The third-order valence-electron chi connectivity index (χ3n) is 5.74. The van der Waals surface area contributed by atoms with Crippen LogP contribution in [0.3, 0.4) is 0 Å². The number of carbonyl (C=O) groups is 2. The summed E-state index contributed by atoms with van der Waals surface area (Å²) in [6.45, 7) is 7.51. The number of Topliss-reactive ketones (excluding diaryl/α,β-unsaturated/α-hetero) is 1. The number of sulfonamides is 1. The number of rotatable bonds is 6. The van der Waals surface area contributed by atoms with E-state index in [0.717, 1.165) is 6.42 Å². The van der Waals surface area contributed by atoms with Crippen molar-refractivity contribution in [3.8, 4) is 0 Å². The Hall–Kier alpha value is -0.950.